The van der Waals surface area contributed by atoms with Crippen LogP contribution in [0.1, 0.15) is 67.6 Å². The lowest BCUT2D eigenvalue weighted by Gasteiger charge is -2.37. The Labute approximate surface area is 209 Å². The molecule has 3 aromatic rings. The Kier molecular flexibility index (Phi) is 6.41. The van der Waals surface area contributed by atoms with E-state index in [9.17, 15) is 18.7 Å². The number of benzene rings is 2. The largest absolute Gasteiger partial charge is 0.504 e. The Hall–Kier alpha value is -3.48. The second-order valence-corrected chi connectivity index (χ2v) is 10.3. The van der Waals surface area contributed by atoms with Gasteiger partial charge in [0.25, 0.3) is 5.91 Å². The van der Waals surface area contributed by atoms with Gasteiger partial charge in [0.2, 0.25) is 0 Å². The summed E-state index contributed by atoms with van der Waals surface area (Å²) >= 11 is 0. The highest BCUT2D eigenvalue weighted by molar-refractivity contribution is 5.97. The van der Waals surface area contributed by atoms with Gasteiger partial charge >= 0.3 is 0 Å². The van der Waals surface area contributed by atoms with Gasteiger partial charge in [0, 0.05) is 6.04 Å². The number of fused-ring (bicyclic) bond motifs is 2. The number of phenols is 1. The van der Waals surface area contributed by atoms with Gasteiger partial charge in [-0.2, -0.15) is 5.10 Å². The first-order chi connectivity index (χ1) is 17.3. The predicted molar refractivity (Wildman–Crippen MR) is 135 cm³/mol. The number of nitrogens with one attached hydrogen (secondary N) is 1. The van der Waals surface area contributed by atoms with Gasteiger partial charge in [-0.05, 0) is 91.5 Å². The van der Waals surface area contributed by atoms with Crippen LogP contribution in [0, 0.1) is 23.0 Å². The Morgan fingerprint density at radius 3 is 2.78 bits per heavy atom. The van der Waals surface area contributed by atoms with Crippen LogP contribution in [0.5, 0.6) is 5.75 Å². The Morgan fingerprint density at radius 1 is 1.25 bits per heavy atom. The number of nitrogens with zero attached hydrogens (tertiary/aromatic N) is 2. The van der Waals surface area contributed by atoms with Crippen LogP contribution in [-0.2, 0) is 6.42 Å². The fourth-order valence-electron chi connectivity index (χ4n) is 6.00. The standard InChI is InChI=1S/C29H31F2N3O2/c1-3-5-22(33-28(36)24-6-4-7-25(31)27(24)35)14-19-8-9-20-15-26-18(16-29(19,20)2)17-32-34(26)23-12-10-21(30)11-13-23/h4,6-7,10-13,15,17,19,22,35H,3,5,8-9,14,16H2,1-2H3,(H,33,36)/t19-,22?,29-/m1/s1. The van der Waals surface area contributed by atoms with Gasteiger partial charge < -0.3 is 10.4 Å². The van der Waals surface area contributed by atoms with E-state index in [0.29, 0.717) is 5.92 Å². The maximum atomic E-state index is 13.8. The molecule has 1 heterocycles. The van der Waals surface area contributed by atoms with Crippen molar-refractivity contribution in [2.75, 3.05) is 0 Å². The topological polar surface area (TPSA) is 67.2 Å². The third kappa shape index (κ3) is 4.31. The van der Waals surface area contributed by atoms with E-state index in [1.165, 1.54) is 35.4 Å². The van der Waals surface area contributed by atoms with Crippen molar-refractivity contribution in [3.05, 3.63) is 82.7 Å². The van der Waals surface area contributed by atoms with E-state index in [1.54, 1.807) is 12.1 Å². The van der Waals surface area contributed by atoms with E-state index in [-0.39, 0.29) is 22.8 Å². The lowest BCUT2D eigenvalue weighted by Crippen LogP contribution is -2.39. The lowest BCUT2D eigenvalue weighted by molar-refractivity contribution is 0.0917. The van der Waals surface area contributed by atoms with Crippen LogP contribution in [0.15, 0.2) is 54.2 Å². The smallest absolute Gasteiger partial charge is 0.255 e. The van der Waals surface area contributed by atoms with Crippen LogP contribution in [0.4, 0.5) is 8.78 Å². The Balaban J connectivity index is 1.35. The van der Waals surface area contributed by atoms with E-state index < -0.39 is 17.5 Å². The first-order valence-electron chi connectivity index (χ1n) is 12.6. The number of amides is 1. The highest BCUT2D eigenvalue weighted by atomic mass is 19.1. The van der Waals surface area contributed by atoms with Gasteiger partial charge in [0.1, 0.15) is 5.82 Å². The normalized spacial score (nSPS) is 21.4. The molecule has 2 N–H and O–H groups in total. The molecule has 2 aromatic carbocycles. The molecule has 5 nitrogen and oxygen atoms in total. The maximum absolute atomic E-state index is 13.8. The molecule has 5 rings (SSSR count). The summed E-state index contributed by atoms with van der Waals surface area (Å²) in [6.45, 7) is 4.38. The molecule has 1 saturated carbocycles. The number of aromatic hydroxyl groups is 1. The quantitative estimate of drug-likeness (QED) is 0.414. The molecule has 2 aliphatic rings. The number of hydrogen-bond acceptors (Lipinski definition) is 3. The molecule has 1 aromatic heterocycles. The van der Waals surface area contributed by atoms with Crippen molar-refractivity contribution in [3.63, 3.8) is 0 Å². The zero-order chi connectivity index (χ0) is 25.4. The van der Waals surface area contributed by atoms with Crippen LogP contribution < -0.4 is 5.32 Å². The van der Waals surface area contributed by atoms with Crippen molar-refractivity contribution in [1.29, 1.82) is 0 Å². The van der Waals surface area contributed by atoms with E-state index in [0.717, 1.165) is 56.0 Å². The van der Waals surface area contributed by atoms with Crippen molar-refractivity contribution in [2.24, 2.45) is 11.3 Å². The number of allylic oxidation sites excluding steroid dienone is 1. The third-order valence-electron chi connectivity index (χ3n) is 8.00. The predicted octanol–water partition coefficient (Wildman–Crippen LogP) is 6.20. The summed E-state index contributed by atoms with van der Waals surface area (Å²) in [5.74, 6) is -1.76. The molecule has 0 aliphatic heterocycles. The third-order valence-corrected chi connectivity index (χ3v) is 8.00. The Bertz CT molecular complexity index is 1310. The molecule has 1 amide bonds. The monoisotopic (exact) mass is 491 g/mol. The average Bonchev–Trinajstić information content (AvgIpc) is 3.39. The van der Waals surface area contributed by atoms with Crippen LogP contribution in [0.3, 0.4) is 0 Å². The van der Waals surface area contributed by atoms with Crippen molar-refractivity contribution < 1.29 is 18.7 Å². The molecule has 0 spiro atoms. The molecule has 2 aliphatic carbocycles. The SMILES string of the molecule is CCCC(C[C@H]1CCC2=Cc3c(cnn3-c3ccc(F)cc3)C[C@@]21C)NC(=O)c1cccc(F)c1O. The highest BCUT2D eigenvalue weighted by Crippen LogP contribution is 2.54. The first-order valence-corrected chi connectivity index (χ1v) is 12.6. The Morgan fingerprint density at radius 2 is 2.03 bits per heavy atom. The van der Waals surface area contributed by atoms with E-state index in [2.05, 4.69) is 30.3 Å². The number of para-hydroxylation sites is 1. The fraction of sp³-hybridized carbons (Fsp3) is 0.379. The molecule has 0 saturated heterocycles. The summed E-state index contributed by atoms with van der Waals surface area (Å²) in [7, 11) is 0. The summed E-state index contributed by atoms with van der Waals surface area (Å²) in [4.78, 5) is 12.9. The molecule has 1 unspecified atom stereocenters. The fourth-order valence-corrected chi connectivity index (χ4v) is 6.00. The maximum Gasteiger partial charge on any atom is 0.255 e. The zero-order valence-corrected chi connectivity index (χ0v) is 20.6. The number of halogens is 2. The number of rotatable bonds is 7. The van der Waals surface area contributed by atoms with Gasteiger partial charge in [-0.3, -0.25) is 4.79 Å². The van der Waals surface area contributed by atoms with Gasteiger partial charge in [0.15, 0.2) is 11.6 Å². The summed E-state index contributed by atoms with van der Waals surface area (Å²) < 4.78 is 29.1. The van der Waals surface area contributed by atoms with E-state index in [1.807, 2.05) is 10.9 Å². The summed E-state index contributed by atoms with van der Waals surface area (Å²) in [6.07, 6.45) is 9.53. The number of phenolic OH excluding ortho intramolecular Hbond substituents is 1. The summed E-state index contributed by atoms with van der Waals surface area (Å²) in [5.41, 5.74) is 4.35. The van der Waals surface area contributed by atoms with Gasteiger partial charge in [-0.1, -0.05) is 31.9 Å². The molecule has 7 heteroatoms. The second kappa shape index (κ2) is 9.52. The zero-order valence-electron chi connectivity index (χ0n) is 20.6. The van der Waals surface area contributed by atoms with Gasteiger partial charge in [-0.15, -0.1) is 0 Å². The molecule has 0 radical (unpaired) electrons. The molecule has 188 valence electrons. The minimum absolute atomic E-state index is 0.0372. The second-order valence-electron chi connectivity index (χ2n) is 10.3. The van der Waals surface area contributed by atoms with Crippen LogP contribution >= 0.6 is 0 Å². The number of hydrogen-bond donors (Lipinski definition) is 2. The molecule has 36 heavy (non-hydrogen) atoms. The molecule has 1 fully saturated rings. The van der Waals surface area contributed by atoms with Crippen LogP contribution in [-0.4, -0.2) is 26.8 Å². The molecule has 0 bridgehead atoms. The minimum atomic E-state index is -0.799. The summed E-state index contributed by atoms with van der Waals surface area (Å²) in [6, 6.07) is 10.3. The van der Waals surface area contributed by atoms with Gasteiger partial charge in [-0.25, -0.2) is 13.5 Å². The number of carbonyl (C=O) groups is 1. The summed E-state index contributed by atoms with van der Waals surface area (Å²) in [5, 5.41) is 17.7. The van der Waals surface area contributed by atoms with Crippen molar-refractivity contribution in [2.45, 2.75) is 58.4 Å². The highest BCUT2D eigenvalue weighted by Gasteiger charge is 2.46. The van der Waals surface area contributed by atoms with Crippen LogP contribution in [0.2, 0.25) is 0 Å². The van der Waals surface area contributed by atoms with Crippen LogP contribution in [0.25, 0.3) is 11.8 Å². The molecular weight excluding hydrogens is 460 g/mol. The van der Waals surface area contributed by atoms with E-state index in [4.69, 9.17) is 0 Å². The van der Waals surface area contributed by atoms with Crippen molar-refractivity contribution in [3.8, 4) is 11.4 Å². The van der Waals surface area contributed by atoms with Crippen molar-refractivity contribution in [1.82, 2.24) is 15.1 Å². The van der Waals surface area contributed by atoms with E-state index >= 15 is 0 Å². The molecular formula is C29H31F2N3O2. The first kappa shape index (κ1) is 24.2. The molecule has 3 atom stereocenters. The lowest BCUT2D eigenvalue weighted by atomic mass is 9.68. The van der Waals surface area contributed by atoms with Crippen molar-refractivity contribution >= 4 is 12.0 Å². The number of aromatic nitrogens is 2. The number of carbonyl (C=O) groups excluding carboxylic acids is 1. The average molecular weight is 492 g/mol. The minimum Gasteiger partial charge on any atom is -0.504 e. The van der Waals surface area contributed by atoms with Gasteiger partial charge in [0.05, 0.1) is 23.1 Å².